The maximum Gasteiger partial charge on any atom is 0.332 e. The molecule has 1 N–H and O–H groups in total. The Labute approximate surface area is 142 Å². The van der Waals surface area contributed by atoms with Crippen LogP contribution in [0.15, 0.2) is 70.5 Å². The molecule has 0 aliphatic heterocycles. The topological polar surface area (TPSA) is 85.2 Å². The number of carbonyl (C=O) groups excluding carboxylic acids is 1. The van der Waals surface area contributed by atoms with Gasteiger partial charge in [-0.05, 0) is 35.7 Å². The summed E-state index contributed by atoms with van der Waals surface area (Å²) in [7, 11) is -4.86. The maximum atomic E-state index is 13.0. The first-order valence-electron chi connectivity index (χ1n) is 7.27. The molecule has 3 aromatic rings. The molecule has 128 valence electrons. The zero-order chi connectivity index (χ0) is 18.0. The molecule has 1 aromatic heterocycles. The summed E-state index contributed by atoms with van der Waals surface area (Å²) in [5.41, 5.74) is -0.189. The van der Waals surface area contributed by atoms with Crippen LogP contribution in [0.3, 0.4) is 0 Å². The molecule has 0 radical (unpaired) electrons. The van der Waals surface area contributed by atoms with Crippen LogP contribution in [0, 0.1) is 0 Å². The monoisotopic (exact) mass is 360 g/mol. The SMILES string of the molecule is O=C(Cn1ccc2ccccc2c1=O)Nc1cccc(S(=O)(=O)F)c1. The molecule has 8 heteroatoms. The molecule has 25 heavy (non-hydrogen) atoms. The standard InChI is InChI=1S/C17H13FN2O4S/c18-25(23,24)14-6-3-5-13(10-14)19-16(21)11-20-9-8-12-4-1-2-7-15(12)17(20)22/h1-10H,11H2,(H,19,21). The normalized spacial score (nSPS) is 11.4. The summed E-state index contributed by atoms with van der Waals surface area (Å²) in [6.07, 6.45) is 1.51. The largest absolute Gasteiger partial charge is 0.332 e. The van der Waals surface area contributed by atoms with Crippen LogP contribution in [-0.2, 0) is 21.6 Å². The van der Waals surface area contributed by atoms with Crippen molar-refractivity contribution in [3.63, 3.8) is 0 Å². The molecule has 0 saturated heterocycles. The maximum absolute atomic E-state index is 13.0. The molecular formula is C17H13FN2O4S. The number of pyridine rings is 1. The van der Waals surface area contributed by atoms with Crippen LogP contribution in [0.1, 0.15) is 0 Å². The Hall–Kier alpha value is -3.00. The van der Waals surface area contributed by atoms with Crippen molar-refractivity contribution in [1.82, 2.24) is 4.57 Å². The minimum Gasteiger partial charge on any atom is -0.324 e. The van der Waals surface area contributed by atoms with E-state index < -0.39 is 21.0 Å². The number of halogens is 1. The number of nitrogens with one attached hydrogen (secondary N) is 1. The van der Waals surface area contributed by atoms with E-state index in [1.165, 1.54) is 22.9 Å². The van der Waals surface area contributed by atoms with Crippen LogP contribution in [0.4, 0.5) is 9.57 Å². The Morgan fingerprint density at radius 3 is 2.60 bits per heavy atom. The van der Waals surface area contributed by atoms with E-state index in [2.05, 4.69) is 5.32 Å². The second kappa shape index (κ2) is 6.48. The van der Waals surface area contributed by atoms with Crippen molar-refractivity contribution in [3.8, 4) is 0 Å². The molecule has 2 aromatic carbocycles. The summed E-state index contributed by atoms with van der Waals surface area (Å²) in [6, 6.07) is 13.6. The fraction of sp³-hybridized carbons (Fsp3) is 0.0588. The van der Waals surface area contributed by atoms with Crippen molar-refractivity contribution in [3.05, 3.63) is 71.1 Å². The Morgan fingerprint density at radius 1 is 1.08 bits per heavy atom. The number of nitrogens with zero attached hydrogens (tertiary/aromatic N) is 1. The molecular weight excluding hydrogens is 347 g/mol. The fourth-order valence-corrected chi connectivity index (χ4v) is 2.94. The van der Waals surface area contributed by atoms with Gasteiger partial charge in [0.15, 0.2) is 0 Å². The molecule has 3 rings (SSSR count). The number of anilines is 1. The lowest BCUT2D eigenvalue weighted by atomic mass is 10.2. The van der Waals surface area contributed by atoms with Gasteiger partial charge in [-0.1, -0.05) is 24.3 Å². The average molecular weight is 360 g/mol. The lowest BCUT2D eigenvalue weighted by Crippen LogP contribution is -2.27. The minimum atomic E-state index is -4.86. The summed E-state index contributed by atoms with van der Waals surface area (Å²) in [6.45, 7) is -0.254. The van der Waals surface area contributed by atoms with Gasteiger partial charge in [-0.3, -0.25) is 9.59 Å². The molecule has 0 fully saturated rings. The summed E-state index contributed by atoms with van der Waals surface area (Å²) in [5, 5.41) is 3.71. The highest BCUT2D eigenvalue weighted by Gasteiger charge is 2.13. The van der Waals surface area contributed by atoms with Crippen LogP contribution in [0.5, 0.6) is 0 Å². The third-order valence-corrected chi connectivity index (χ3v) is 4.42. The highest BCUT2D eigenvalue weighted by molar-refractivity contribution is 7.86. The van der Waals surface area contributed by atoms with E-state index in [0.717, 1.165) is 17.5 Å². The predicted molar refractivity (Wildman–Crippen MR) is 91.6 cm³/mol. The Kier molecular flexibility index (Phi) is 4.37. The zero-order valence-corrected chi connectivity index (χ0v) is 13.7. The smallest absolute Gasteiger partial charge is 0.324 e. The summed E-state index contributed by atoms with van der Waals surface area (Å²) in [4.78, 5) is 23.9. The summed E-state index contributed by atoms with van der Waals surface area (Å²) in [5.74, 6) is -0.536. The summed E-state index contributed by atoms with van der Waals surface area (Å²) < 4.78 is 36.1. The molecule has 1 heterocycles. The molecule has 0 aliphatic carbocycles. The summed E-state index contributed by atoms with van der Waals surface area (Å²) >= 11 is 0. The highest BCUT2D eigenvalue weighted by atomic mass is 32.3. The lowest BCUT2D eigenvalue weighted by molar-refractivity contribution is -0.116. The van der Waals surface area contributed by atoms with E-state index in [9.17, 15) is 21.9 Å². The van der Waals surface area contributed by atoms with Gasteiger partial charge in [-0.15, -0.1) is 3.89 Å². The van der Waals surface area contributed by atoms with E-state index in [0.29, 0.717) is 5.39 Å². The van der Waals surface area contributed by atoms with Crippen LogP contribution in [0.2, 0.25) is 0 Å². The Morgan fingerprint density at radius 2 is 1.84 bits per heavy atom. The molecule has 0 aliphatic rings. The van der Waals surface area contributed by atoms with Gasteiger partial charge in [0.25, 0.3) is 5.56 Å². The quantitative estimate of drug-likeness (QED) is 0.724. The van der Waals surface area contributed by atoms with Gasteiger partial charge in [-0.25, -0.2) is 0 Å². The molecule has 6 nitrogen and oxygen atoms in total. The molecule has 1 amide bonds. The van der Waals surface area contributed by atoms with Gasteiger partial charge < -0.3 is 9.88 Å². The zero-order valence-electron chi connectivity index (χ0n) is 12.8. The van der Waals surface area contributed by atoms with Crippen LogP contribution >= 0.6 is 0 Å². The van der Waals surface area contributed by atoms with Crippen molar-refractivity contribution >= 4 is 32.6 Å². The third-order valence-electron chi connectivity index (χ3n) is 3.60. The average Bonchev–Trinajstić information content (AvgIpc) is 2.57. The highest BCUT2D eigenvalue weighted by Crippen LogP contribution is 2.17. The van der Waals surface area contributed by atoms with Crippen molar-refractivity contribution in [2.24, 2.45) is 0 Å². The van der Waals surface area contributed by atoms with Gasteiger partial charge in [0.1, 0.15) is 11.4 Å². The van der Waals surface area contributed by atoms with Gasteiger partial charge in [0.05, 0.1) is 0 Å². The second-order valence-corrected chi connectivity index (χ2v) is 6.70. The second-order valence-electron chi connectivity index (χ2n) is 5.35. The number of amides is 1. The van der Waals surface area contributed by atoms with E-state index >= 15 is 0 Å². The number of fused-ring (bicyclic) bond motifs is 1. The number of carbonyl (C=O) groups is 1. The van der Waals surface area contributed by atoms with E-state index in [-0.39, 0.29) is 17.8 Å². The predicted octanol–water partition coefficient (Wildman–Crippen LogP) is 2.30. The lowest BCUT2D eigenvalue weighted by Gasteiger charge is -2.09. The number of benzene rings is 2. The van der Waals surface area contributed by atoms with Crippen molar-refractivity contribution in [2.45, 2.75) is 11.4 Å². The van der Waals surface area contributed by atoms with E-state index in [1.807, 2.05) is 6.07 Å². The van der Waals surface area contributed by atoms with Crippen molar-refractivity contribution in [1.29, 1.82) is 0 Å². The van der Waals surface area contributed by atoms with E-state index in [4.69, 9.17) is 0 Å². The number of aromatic nitrogens is 1. The van der Waals surface area contributed by atoms with Gasteiger partial charge in [0.2, 0.25) is 5.91 Å². The van der Waals surface area contributed by atoms with Crippen LogP contribution < -0.4 is 10.9 Å². The fourth-order valence-electron chi connectivity index (χ4n) is 2.44. The number of hydrogen-bond acceptors (Lipinski definition) is 4. The molecule has 0 bridgehead atoms. The van der Waals surface area contributed by atoms with Crippen molar-refractivity contribution in [2.75, 3.05) is 5.32 Å². The molecule has 0 spiro atoms. The molecule has 0 saturated carbocycles. The van der Waals surface area contributed by atoms with E-state index in [1.54, 1.807) is 24.3 Å². The van der Waals surface area contributed by atoms with Crippen LogP contribution in [-0.4, -0.2) is 18.9 Å². The first-order chi connectivity index (χ1) is 11.8. The van der Waals surface area contributed by atoms with Gasteiger partial charge >= 0.3 is 10.2 Å². The van der Waals surface area contributed by atoms with Crippen molar-refractivity contribution < 1.29 is 17.1 Å². The van der Waals surface area contributed by atoms with Gasteiger partial charge in [-0.2, -0.15) is 8.42 Å². The molecule has 0 unspecified atom stereocenters. The first kappa shape index (κ1) is 16.8. The van der Waals surface area contributed by atoms with Gasteiger partial charge in [0, 0.05) is 17.3 Å². The Balaban J connectivity index is 1.82. The Bertz CT molecular complexity index is 1120. The third kappa shape index (κ3) is 3.74. The minimum absolute atomic E-state index is 0.123. The number of rotatable bonds is 4. The molecule has 0 atom stereocenters. The number of hydrogen-bond donors (Lipinski definition) is 1. The van der Waals surface area contributed by atoms with Crippen LogP contribution in [0.25, 0.3) is 10.8 Å². The first-order valence-corrected chi connectivity index (χ1v) is 8.66.